The first-order chi connectivity index (χ1) is 12.1. The lowest BCUT2D eigenvalue weighted by Crippen LogP contribution is -2.44. The molecule has 1 aliphatic heterocycles. The summed E-state index contributed by atoms with van der Waals surface area (Å²) in [7, 11) is 0. The van der Waals surface area contributed by atoms with Crippen LogP contribution in [0.4, 0.5) is 5.69 Å². The minimum atomic E-state index is -0.492. The fraction of sp³-hybridized carbons (Fsp3) is 0.316. The first-order valence-corrected chi connectivity index (χ1v) is 8.95. The third-order valence-electron chi connectivity index (χ3n) is 4.32. The van der Waals surface area contributed by atoms with Gasteiger partial charge in [-0.25, -0.2) is 0 Å². The van der Waals surface area contributed by atoms with Crippen LogP contribution in [0.15, 0.2) is 42.5 Å². The van der Waals surface area contributed by atoms with Crippen molar-refractivity contribution in [2.75, 3.05) is 31.6 Å². The summed E-state index contributed by atoms with van der Waals surface area (Å²) < 4.78 is 5.42. The number of nitrogens with one attached hydrogen (secondary N) is 1. The highest BCUT2D eigenvalue weighted by Crippen LogP contribution is 2.32. The van der Waals surface area contributed by atoms with Crippen molar-refractivity contribution in [3.05, 3.63) is 63.6 Å². The van der Waals surface area contributed by atoms with Gasteiger partial charge >= 0.3 is 0 Å². The van der Waals surface area contributed by atoms with E-state index in [0.29, 0.717) is 36.3 Å². The van der Waals surface area contributed by atoms with Crippen molar-refractivity contribution in [3.8, 4) is 0 Å². The van der Waals surface area contributed by atoms with Gasteiger partial charge in [0.05, 0.1) is 13.2 Å². The predicted octanol–water partition coefficient (Wildman–Crippen LogP) is 4.31. The lowest BCUT2D eigenvalue weighted by Gasteiger charge is -2.34. The van der Waals surface area contributed by atoms with E-state index in [9.17, 15) is 4.79 Å². The maximum absolute atomic E-state index is 13.1. The smallest absolute Gasteiger partial charge is 0.246 e. The Labute approximate surface area is 157 Å². The predicted molar refractivity (Wildman–Crippen MR) is 101 cm³/mol. The molecular weight excluding hydrogens is 359 g/mol. The van der Waals surface area contributed by atoms with Crippen molar-refractivity contribution >= 4 is 34.8 Å². The number of hydrogen-bond donors (Lipinski definition) is 1. The van der Waals surface area contributed by atoms with E-state index in [4.69, 9.17) is 27.9 Å². The van der Waals surface area contributed by atoms with Gasteiger partial charge in [0.15, 0.2) is 0 Å². The van der Waals surface area contributed by atoms with Crippen molar-refractivity contribution in [3.63, 3.8) is 0 Å². The third kappa shape index (κ3) is 4.33. The molecule has 0 spiro atoms. The number of nitrogens with zero attached hydrogens (tertiary/aromatic N) is 1. The number of benzene rings is 2. The molecule has 0 bridgehead atoms. The standard InChI is InChI=1S/C19H20Cl2N2O2/c1-13-4-2-3-5-17(13)22-19(24)18(23-8-10-25-11-9-23)15-7-6-14(20)12-16(15)21/h2-7,12,18H,8-11H2,1H3,(H,22,24)/t18-/m0/s1. The van der Waals surface area contributed by atoms with Gasteiger partial charge in [-0.1, -0.05) is 47.5 Å². The summed E-state index contributed by atoms with van der Waals surface area (Å²) >= 11 is 12.4. The fourth-order valence-corrected chi connectivity index (χ4v) is 3.49. The summed E-state index contributed by atoms with van der Waals surface area (Å²) in [4.78, 5) is 15.2. The maximum Gasteiger partial charge on any atom is 0.246 e. The van der Waals surface area contributed by atoms with E-state index < -0.39 is 6.04 Å². The van der Waals surface area contributed by atoms with E-state index >= 15 is 0 Å². The van der Waals surface area contributed by atoms with Crippen molar-refractivity contribution in [2.24, 2.45) is 0 Å². The number of morpholine rings is 1. The summed E-state index contributed by atoms with van der Waals surface area (Å²) in [5.74, 6) is -0.111. The summed E-state index contributed by atoms with van der Waals surface area (Å²) in [6.45, 7) is 4.50. The molecule has 25 heavy (non-hydrogen) atoms. The van der Waals surface area contributed by atoms with Crippen LogP contribution in [0.25, 0.3) is 0 Å². The average Bonchev–Trinajstić information content (AvgIpc) is 2.60. The van der Waals surface area contributed by atoms with Crippen LogP contribution in [0.1, 0.15) is 17.2 Å². The molecule has 3 rings (SSSR count). The first-order valence-electron chi connectivity index (χ1n) is 8.19. The molecule has 1 aliphatic rings. The molecule has 1 amide bonds. The van der Waals surface area contributed by atoms with E-state index in [1.165, 1.54) is 0 Å². The van der Waals surface area contributed by atoms with Crippen molar-refractivity contribution in [1.29, 1.82) is 0 Å². The number of aryl methyl sites for hydroxylation is 1. The molecule has 0 radical (unpaired) electrons. The second-order valence-corrected chi connectivity index (χ2v) is 6.86. The Morgan fingerprint density at radius 2 is 1.88 bits per heavy atom. The molecule has 0 aliphatic carbocycles. The Bertz CT molecular complexity index is 761. The Balaban J connectivity index is 1.92. The highest BCUT2D eigenvalue weighted by Gasteiger charge is 2.31. The van der Waals surface area contributed by atoms with Crippen LogP contribution in [0.5, 0.6) is 0 Å². The van der Waals surface area contributed by atoms with Crippen LogP contribution in [-0.2, 0) is 9.53 Å². The number of halogens is 2. The van der Waals surface area contributed by atoms with E-state index in [0.717, 1.165) is 16.8 Å². The van der Waals surface area contributed by atoms with Crippen LogP contribution >= 0.6 is 23.2 Å². The summed E-state index contributed by atoms with van der Waals surface area (Å²) in [5.41, 5.74) is 2.56. The number of rotatable bonds is 4. The number of ether oxygens (including phenoxy) is 1. The van der Waals surface area contributed by atoms with Crippen molar-refractivity contribution in [1.82, 2.24) is 4.90 Å². The fourth-order valence-electron chi connectivity index (χ4n) is 2.98. The van der Waals surface area contributed by atoms with E-state index in [1.807, 2.05) is 37.3 Å². The van der Waals surface area contributed by atoms with Crippen LogP contribution < -0.4 is 5.32 Å². The van der Waals surface area contributed by atoms with E-state index in [1.54, 1.807) is 12.1 Å². The summed E-state index contributed by atoms with van der Waals surface area (Å²) in [5, 5.41) is 4.07. The minimum Gasteiger partial charge on any atom is -0.379 e. The lowest BCUT2D eigenvalue weighted by molar-refractivity contribution is -0.123. The van der Waals surface area contributed by atoms with E-state index in [2.05, 4.69) is 10.2 Å². The van der Waals surface area contributed by atoms with Crippen LogP contribution in [-0.4, -0.2) is 37.1 Å². The lowest BCUT2D eigenvalue weighted by atomic mass is 10.0. The topological polar surface area (TPSA) is 41.6 Å². The van der Waals surface area contributed by atoms with Gasteiger partial charge in [-0.2, -0.15) is 0 Å². The molecule has 2 aromatic carbocycles. The number of carbonyl (C=O) groups excluding carboxylic acids is 1. The SMILES string of the molecule is Cc1ccccc1NC(=O)[C@H](c1ccc(Cl)cc1Cl)N1CCOCC1. The molecular formula is C19H20Cl2N2O2. The number of anilines is 1. The van der Waals surface area contributed by atoms with Gasteiger partial charge in [0.25, 0.3) is 0 Å². The second-order valence-electron chi connectivity index (χ2n) is 6.02. The highest BCUT2D eigenvalue weighted by atomic mass is 35.5. The van der Waals surface area contributed by atoms with Gasteiger partial charge < -0.3 is 10.1 Å². The zero-order chi connectivity index (χ0) is 17.8. The van der Waals surface area contributed by atoms with Gasteiger partial charge in [0, 0.05) is 28.8 Å². The highest BCUT2D eigenvalue weighted by molar-refractivity contribution is 6.35. The first kappa shape index (κ1) is 18.2. The largest absolute Gasteiger partial charge is 0.379 e. The molecule has 132 valence electrons. The monoisotopic (exact) mass is 378 g/mol. The summed E-state index contributed by atoms with van der Waals surface area (Å²) in [6, 6.07) is 12.5. The van der Waals surface area contributed by atoms with Crippen molar-refractivity contribution < 1.29 is 9.53 Å². The Morgan fingerprint density at radius 1 is 1.16 bits per heavy atom. The molecule has 1 fully saturated rings. The number of carbonyl (C=O) groups is 1. The number of para-hydroxylation sites is 1. The Morgan fingerprint density at radius 3 is 2.56 bits per heavy atom. The van der Waals surface area contributed by atoms with Crippen LogP contribution in [0.2, 0.25) is 10.0 Å². The van der Waals surface area contributed by atoms with Crippen LogP contribution in [0.3, 0.4) is 0 Å². The number of amides is 1. The normalized spacial score (nSPS) is 16.4. The van der Waals surface area contributed by atoms with Gasteiger partial charge in [-0.15, -0.1) is 0 Å². The maximum atomic E-state index is 13.1. The van der Waals surface area contributed by atoms with E-state index in [-0.39, 0.29) is 5.91 Å². The van der Waals surface area contributed by atoms with Crippen molar-refractivity contribution in [2.45, 2.75) is 13.0 Å². The van der Waals surface area contributed by atoms with Gasteiger partial charge in [-0.3, -0.25) is 9.69 Å². The third-order valence-corrected chi connectivity index (χ3v) is 4.88. The molecule has 1 saturated heterocycles. The molecule has 6 heteroatoms. The summed E-state index contributed by atoms with van der Waals surface area (Å²) in [6.07, 6.45) is 0. The quantitative estimate of drug-likeness (QED) is 0.861. The second kappa shape index (κ2) is 8.19. The molecule has 0 aromatic heterocycles. The molecule has 0 unspecified atom stereocenters. The van der Waals surface area contributed by atoms with Crippen LogP contribution in [0, 0.1) is 6.92 Å². The molecule has 2 aromatic rings. The number of hydrogen-bond acceptors (Lipinski definition) is 3. The Kier molecular flexibility index (Phi) is 5.97. The Hall–Kier alpha value is -1.59. The molecule has 1 heterocycles. The molecule has 4 nitrogen and oxygen atoms in total. The van der Waals surface area contributed by atoms with Gasteiger partial charge in [0.2, 0.25) is 5.91 Å². The van der Waals surface area contributed by atoms with Gasteiger partial charge in [-0.05, 0) is 36.2 Å². The molecule has 0 saturated carbocycles. The zero-order valence-electron chi connectivity index (χ0n) is 14.0. The minimum absolute atomic E-state index is 0.111. The zero-order valence-corrected chi connectivity index (χ0v) is 15.5. The van der Waals surface area contributed by atoms with Gasteiger partial charge in [0.1, 0.15) is 6.04 Å². The molecule has 1 N–H and O–H groups in total. The molecule has 1 atom stereocenters. The average molecular weight is 379 g/mol.